The molecule has 5 rings (SSSR count). The minimum atomic E-state index is -0.632. The average molecular weight is 405 g/mol. The van der Waals surface area contributed by atoms with Crippen LogP contribution in [0.25, 0.3) is 44.7 Å². The van der Waals surface area contributed by atoms with Gasteiger partial charge in [-0.1, -0.05) is 90.8 Å². The number of aromatic nitrogens is 3. The highest BCUT2D eigenvalue weighted by Crippen LogP contribution is 2.31. The number of hydrogen-bond acceptors (Lipinski definition) is 3. The van der Waals surface area contributed by atoms with Crippen LogP contribution in [-0.4, -0.2) is 15.0 Å². The second-order valence-electron chi connectivity index (χ2n) is 5.87. The monoisotopic (exact) mass is 404 g/mol. The van der Waals surface area contributed by atoms with E-state index in [9.17, 15) is 0 Å². The molecular weight excluding hydrogens is 378 g/mol. The zero-order valence-electron chi connectivity index (χ0n) is 25.6. The average Bonchev–Trinajstić information content (AvgIpc) is 2.93. The molecule has 3 nitrogen and oxygen atoms in total. The molecule has 4 heteroatoms. The van der Waals surface area contributed by atoms with E-state index in [2.05, 4.69) is 15.0 Å². The molecule has 1 aromatic heterocycles. The molecule has 0 aliphatic rings. The van der Waals surface area contributed by atoms with Crippen LogP contribution in [-0.2, 0) is 0 Å². The van der Waals surface area contributed by atoms with E-state index in [0.717, 1.165) is 0 Å². The van der Waals surface area contributed by atoms with Crippen LogP contribution in [0.4, 0.5) is 0 Å². The molecule has 138 valence electrons. The number of rotatable bonds is 3. The van der Waals surface area contributed by atoms with E-state index in [1.165, 1.54) is 0 Å². The quantitative estimate of drug-likeness (QED) is 0.336. The third-order valence-electron chi connectivity index (χ3n) is 4.06. The maximum absolute atomic E-state index is 8.87. The van der Waals surface area contributed by atoms with E-state index in [4.69, 9.17) is 26.7 Å². The molecule has 0 saturated heterocycles. The highest BCUT2D eigenvalue weighted by molar-refractivity contribution is 6.28. The summed E-state index contributed by atoms with van der Waals surface area (Å²) in [6.45, 7) is 0. The topological polar surface area (TPSA) is 38.7 Å². The first-order valence-corrected chi connectivity index (χ1v) is 8.82. The third kappa shape index (κ3) is 3.48. The van der Waals surface area contributed by atoms with Crippen molar-refractivity contribution in [3.05, 3.63) is 102 Å². The summed E-state index contributed by atoms with van der Waals surface area (Å²) in [5.41, 5.74) is -0.124. The zero-order valence-corrected chi connectivity index (χ0v) is 15.4. The van der Waals surface area contributed by atoms with Crippen LogP contribution in [0.3, 0.4) is 0 Å². The van der Waals surface area contributed by atoms with Crippen molar-refractivity contribution in [3.8, 4) is 33.9 Å². The molecule has 0 atom stereocenters. The Morgan fingerprint density at radius 1 is 0.655 bits per heavy atom. The molecule has 4 aromatic carbocycles. The van der Waals surface area contributed by atoms with Crippen molar-refractivity contribution >= 4 is 22.4 Å². The lowest BCUT2D eigenvalue weighted by molar-refractivity contribution is 1.07. The Morgan fingerprint density at radius 2 is 1.45 bits per heavy atom. The molecule has 0 spiro atoms. The maximum Gasteiger partial charge on any atom is 0.226 e. The van der Waals surface area contributed by atoms with E-state index >= 15 is 0 Å². The number of halogens is 1. The molecule has 0 N–H and O–H groups in total. The molecule has 0 saturated carbocycles. The Hall–Kier alpha value is -3.56. The molecule has 0 unspecified atom stereocenters. The van der Waals surface area contributed by atoms with Crippen molar-refractivity contribution in [2.24, 2.45) is 0 Å². The summed E-state index contributed by atoms with van der Waals surface area (Å²) < 4.78 is 92.2. The Kier molecular flexibility index (Phi) is 2.39. The fourth-order valence-corrected chi connectivity index (χ4v) is 2.92. The predicted octanol–water partition coefficient (Wildman–Crippen LogP) is 6.68. The standard InChI is InChI=1S/C25H16ClN3/c26-25-28-23(18-10-5-2-6-11-18)27-24(29-25)22-13-7-12-20-16-19(14-15-21(20)22)17-8-3-1-4-9-17/h1-16H/i2D,5D,6D,7D,10D,11D,12D,13D,14D,15D,16D. The Labute approximate surface area is 189 Å². The summed E-state index contributed by atoms with van der Waals surface area (Å²) in [4.78, 5) is 12.2. The molecule has 0 radical (unpaired) electrons. The van der Waals surface area contributed by atoms with Crippen LogP contribution >= 0.6 is 11.6 Å². The van der Waals surface area contributed by atoms with Crippen LogP contribution in [0.15, 0.2) is 96.8 Å². The number of nitrogens with zero attached hydrogens (tertiary/aromatic N) is 3. The van der Waals surface area contributed by atoms with Gasteiger partial charge in [0.2, 0.25) is 5.28 Å². The molecular formula is C25H16ClN3. The van der Waals surface area contributed by atoms with Gasteiger partial charge < -0.3 is 0 Å². The van der Waals surface area contributed by atoms with Crippen molar-refractivity contribution in [1.29, 1.82) is 0 Å². The van der Waals surface area contributed by atoms with Crippen LogP contribution in [0, 0.1) is 0 Å². The number of fused-ring (bicyclic) bond motifs is 1. The SMILES string of the molecule is [2H]c1c([2H])c([2H])c(-c2nc(Cl)nc(-c3c([2H])c([2H])c([2H])c4c([2H])c(-c5ccccc5)c([2H])c([2H])c34)n2)c([2H])c1[2H]. The first kappa shape index (κ1) is 9.29. The molecule has 29 heavy (non-hydrogen) atoms. The number of benzene rings is 4. The van der Waals surface area contributed by atoms with Gasteiger partial charge in [0, 0.05) is 11.1 Å². The first-order chi connectivity index (χ1) is 18.9. The van der Waals surface area contributed by atoms with Gasteiger partial charge in [-0.15, -0.1) is 0 Å². The zero-order chi connectivity index (χ0) is 29.2. The van der Waals surface area contributed by atoms with Crippen LogP contribution in [0.5, 0.6) is 0 Å². The van der Waals surface area contributed by atoms with Crippen molar-refractivity contribution in [1.82, 2.24) is 15.0 Å². The third-order valence-corrected chi connectivity index (χ3v) is 4.22. The molecule has 0 bridgehead atoms. The lowest BCUT2D eigenvalue weighted by atomic mass is 9.98. The van der Waals surface area contributed by atoms with Crippen molar-refractivity contribution in [2.45, 2.75) is 0 Å². The lowest BCUT2D eigenvalue weighted by Gasteiger charge is -2.09. The fraction of sp³-hybridized carbons (Fsp3) is 0. The lowest BCUT2D eigenvalue weighted by Crippen LogP contribution is -1.97. The minimum Gasteiger partial charge on any atom is -0.208 e. The van der Waals surface area contributed by atoms with E-state index in [0.29, 0.717) is 5.56 Å². The van der Waals surface area contributed by atoms with Gasteiger partial charge in [0.05, 0.1) is 15.1 Å². The summed E-state index contributed by atoms with van der Waals surface area (Å²) >= 11 is 6.17. The van der Waals surface area contributed by atoms with Crippen molar-refractivity contribution < 1.29 is 15.1 Å². The smallest absolute Gasteiger partial charge is 0.208 e. The van der Waals surface area contributed by atoms with Crippen molar-refractivity contribution in [2.75, 3.05) is 0 Å². The Bertz CT molecular complexity index is 1850. The largest absolute Gasteiger partial charge is 0.226 e. The predicted molar refractivity (Wildman–Crippen MR) is 119 cm³/mol. The molecule has 0 fully saturated rings. The summed E-state index contributed by atoms with van der Waals surface area (Å²) in [6, 6.07) is 2.60. The van der Waals surface area contributed by atoms with Gasteiger partial charge in [-0.25, -0.2) is 4.98 Å². The first-order valence-electron chi connectivity index (χ1n) is 13.9. The summed E-state index contributed by atoms with van der Waals surface area (Å²) in [6.07, 6.45) is 0. The van der Waals surface area contributed by atoms with Crippen LogP contribution < -0.4 is 0 Å². The van der Waals surface area contributed by atoms with E-state index in [1.54, 1.807) is 30.3 Å². The highest BCUT2D eigenvalue weighted by atomic mass is 35.5. The Morgan fingerprint density at radius 3 is 2.28 bits per heavy atom. The van der Waals surface area contributed by atoms with Gasteiger partial charge in [-0.3, -0.25) is 0 Å². The summed E-state index contributed by atoms with van der Waals surface area (Å²) in [7, 11) is 0. The van der Waals surface area contributed by atoms with Crippen molar-refractivity contribution in [3.63, 3.8) is 0 Å². The Balaban J connectivity index is 1.91. The highest BCUT2D eigenvalue weighted by Gasteiger charge is 2.12. The summed E-state index contributed by atoms with van der Waals surface area (Å²) in [5.74, 6) is -0.796. The van der Waals surface area contributed by atoms with E-state index in [1.807, 2.05) is 0 Å². The summed E-state index contributed by atoms with van der Waals surface area (Å²) in [5, 5.41) is -0.836. The van der Waals surface area contributed by atoms with Gasteiger partial charge in [0.1, 0.15) is 0 Å². The molecule has 5 aromatic rings. The molecule has 1 heterocycles. The molecule has 0 aliphatic carbocycles. The normalized spacial score (nSPS) is 16.2. The molecule has 0 amide bonds. The second-order valence-corrected chi connectivity index (χ2v) is 6.21. The van der Waals surface area contributed by atoms with Gasteiger partial charge in [0.15, 0.2) is 11.6 Å². The number of hydrogen-bond donors (Lipinski definition) is 0. The van der Waals surface area contributed by atoms with Crippen LogP contribution in [0.1, 0.15) is 15.1 Å². The van der Waals surface area contributed by atoms with Gasteiger partial charge in [-0.05, 0) is 39.5 Å². The van der Waals surface area contributed by atoms with Crippen LogP contribution in [0.2, 0.25) is 5.28 Å². The fourth-order valence-electron chi connectivity index (χ4n) is 2.76. The maximum atomic E-state index is 8.87. The second kappa shape index (κ2) is 7.46. The van der Waals surface area contributed by atoms with E-state index < -0.39 is 65.5 Å². The molecule has 0 aliphatic heterocycles. The van der Waals surface area contributed by atoms with Gasteiger partial charge in [0.25, 0.3) is 0 Å². The minimum absolute atomic E-state index is 0.0724. The van der Waals surface area contributed by atoms with Gasteiger partial charge in [-0.2, -0.15) is 9.97 Å². The van der Waals surface area contributed by atoms with E-state index in [-0.39, 0.29) is 45.4 Å². The van der Waals surface area contributed by atoms with Gasteiger partial charge >= 0.3 is 0 Å².